The van der Waals surface area contributed by atoms with E-state index < -0.39 is 0 Å². The number of piperidine rings is 1. The van der Waals surface area contributed by atoms with E-state index in [0.717, 1.165) is 30.8 Å². The Hall–Kier alpha value is -1.13. The topological polar surface area (TPSA) is 62.4 Å². The molecule has 1 saturated heterocycles. The second kappa shape index (κ2) is 5.47. The average molecular weight is 235 g/mol. The van der Waals surface area contributed by atoms with Gasteiger partial charge in [-0.25, -0.2) is 4.98 Å². The summed E-state index contributed by atoms with van der Waals surface area (Å²) in [5.74, 6) is 0.946. The number of aromatic nitrogens is 1. The molecule has 0 saturated carbocycles. The Bertz CT molecular complexity index is 367. The van der Waals surface area contributed by atoms with Crippen LogP contribution in [-0.2, 0) is 0 Å². The Morgan fingerprint density at radius 1 is 1.59 bits per heavy atom. The van der Waals surface area contributed by atoms with E-state index >= 15 is 0 Å². The zero-order valence-electron chi connectivity index (χ0n) is 10.3. The number of anilines is 1. The summed E-state index contributed by atoms with van der Waals surface area (Å²) in [6.45, 7) is 3.12. The number of nitrogens with two attached hydrogens (primary N) is 1. The Balaban J connectivity index is 2.31. The molecule has 94 valence electrons. The highest BCUT2D eigenvalue weighted by molar-refractivity contribution is 5.49. The van der Waals surface area contributed by atoms with Gasteiger partial charge in [-0.1, -0.05) is 6.07 Å². The van der Waals surface area contributed by atoms with E-state index in [-0.39, 0.29) is 18.7 Å². The Morgan fingerprint density at radius 3 is 3.12 bits per heavy atom. The number of hydrogen-bond acceptors (Lipinski definition) is 4. The molecule has 1 aromatic rings. The van der Waals surface area contributed by atoms with Crippen LogP contribution in [0.2, 0.25) is 0 Å². The molecule has 2 rings (SSSR count). The quantitative estimate of drug-likeness (QED) is 0.832. The molecule has 0 aromatic carbocycles. The first kappa shape index (κ1) is 12.3. The van der Waals surface area contributed by atoms with Crippen molar-refractivity contribution in [3.05, 3.63) is 23.9 Å². The summed E-state index contributed by atoms with van der Waals surface area (Å²) in [5, 5.41) is 9.45. The van der Waals surface area contributed by atoms with Crippen molar-refractivity contribution in [1.82, 2.24) is 4.98 Å². The van der Waals surface area contributed by atoms with E-state index in [1.54, 1.807) is 6.20 Å². The van der Waals surface area contributed by atoms with Crippen molar-refractivity contribution in [3.8, 4) is 0 Å². The van der Waals surface area contributed by atoms with E-state index in [4.69, 9.17) is 5.73 Å². The van der Waals surface area contributed by atoms with E-state index in [0.29, 0.717) is 0 Å². The van der Waals surface area contributed by atoms with Gasteiger partial charge in [0.2, 0.25) is 0 Å². The standard InChI is InChI=1S/C13H21N3O/c1-10(14)12-6-4-7-15-13(12)16-8-3-2-5-11(16)9-17/h4,6-7,10-11,17H,2-3,5,8-9,14H2,1H3. The van der Waals surface area contributed by atoms with Crippen molar-refractivity contribution < 1.29 is 5.11 Å². The first-order valence-corrected chi connectivity index (χ1v) is 6.32. The smallest absolute Gasteiger partial charge is 0.133 e. The van der Waals surface area contributed by atoms with Crippen LogP contribution in [-0.4, -0.2) is 29.3 Å². The SMILES string of the molecule is CC(N)c1cccnc1N1CCCCC1CO. The third-order valence-corrected chi connectivity index (χ3v) is 3.42. The lowest BCUT2D eigenvalue weighted by atomic mass is 10.0. The Morgan fingerprint density at radius 2 is 2.41 bits per heavy atom. The maximum absolute atomic E-state index is 9.45. The molecular weight excluding hydrogens is 214 g/mol. The lowest BCUT2D eigenvalue weighted by Gasteiger charge is -2.37. The first-order chi connectivity index (χ1) is 8.24. The molecule has 1 fully saturated rings. The molecule has 1 aliphatic heterocycles. The maximum atomic E-state index is 9.45. The van der Waals surface area contributed by atoms with Gasteiger partial charge in [0.15, 0.2) is 0 Å². The predicted octanol–water partition coefficient (Wildman–Crippen LogP) is 1.45. The van der Waals surface area contributed by atoms with Gasteiger partial charge in [0.1, 0.15) is 5.82 Å². The summed E-state index contributed by atoms with van der Waals surface area (Å²) in [5.41, 5.74) is 7.04. The van der Waals surface area contributed by atoms with Gasteiger partial charge in [-0.2, -0.15) is 0 Å². The summed E-state index contributed by atoms with van der Waals surface area (Å²) in [4.78, 5) is 6.67. The molecule has 0 radical (unpaired) electrons. The Labute approximate surface area is 102 Å². The van der Waals surface area contributed by atoms with Crippen LogP contribution in [0, 0.1) is 0 Å². The number of pyridine rings is 1. The maximum Gasteiger partial charge on any atom is 0.133 e. The van der Waals surface area contributed by atoms with Crippen LogP contribution in [0.15, 0.2) is 18.3 Å². The van der Waals surface area contributed by atoms with E-state index in [1.807, 2.05) is 19.1 Å². The summed E-state index contributed by atoms with van der Waals surface area (Å²) >= 11 is 0. The van der Waals surface area contributed by atoms with Crippen molar-refractivity contribution in [2.24, 2.45) is 5.73 Å². The molecule has 4 nitrogen and oxygen atoms in total. The van der Waals surface area contributed by atoms with Gasteiger partial charge in [-0.05, 0) is 32.3 Å². The van der Waals surface area contributed by atoms with Gasteiger partial charge in [0, 0.05) is 24.3 Å². The van der Waals surface area contributed by atoms with Crippen LogP contribution in [0.3, 0.4) is 0 Å². The molecular formula is C13H21N3O. The molecule has 1 aliphatic rings. The third kappa shape index (κ3) is 2.58. The zero-order chi connectivity index (χ0) is 12.3. The summed E-state index contributed by atoms with van der Waals surface area (Å²) in [6, 6.07) is 4.10. The number of rotatable bonds is 3. The number of aliphatic hydroxyl groups excluding tert-OH is 1. The summed E-state index contributed by atoms with van der Waals surface area (Å²) in [7, 11) is 0. The van der Waals surface area contributed by atoms with Gasteiger partial charge in [-0.15, -0.1) is 0 Å². The molecule has 2 atom stereocenters. The fourth-order valence-corrected chi connectivity index (χ4v) is 2.47. The highest BCUT2D eigenvalue weighted by Crippen LogP contribution is 2.28. The first-order valence-electron chi connectivity index (χ1n) is 6.32. The summed E-state index contributed by atoms with van der Waals surface area (Å²) < 4.78 is 0. The van der Waals surface area contributed by atoms with Gasteiger partial charge >= 0.3 is 0 Å². The van der Waals surface area contributed by atoms with Gasteiger partial charge in [0.25, 0.3) is 0 Å². The third-order valence-electron chi connectivity index (χ3n) is 3.42. The minimum absolute atomic E-state index is 0.0278. The predicted molar refractivity (Wildman–Crippen MR) is 68.9 cm³/mol. The minimum Gasteiger partial charge on any atom is -0.394 e. The molecule has 0 amide bonds. The molecule has 2 unspecified atom stereocenters. The average Bonchev–Trinajstić information content (AvgIpc) is 2.38. The fourth-order valence-electron chi connectivity index (χ4n) is 2.47. The van der Waals surface area contributed by atoms with Gasteiger partial charge in [-0.3, -0.25) is 0 Å². The van der Waals surface area contributed by atoms with Crippen LogP contribution in [0.4, 0.5) is 5.82 Å². The van der Waals surface area contributed by atoms with Gasteiger partial charge in [0.05, 0.1) is 12.6 Å². The highest BCUT2D eigenvalue weighted by Gasteiger charge is 2.25. The van der Waals surface area contributed by atoms with Crippen LogP contribution in [0.25, 0.3) is 0 Å². The molecule has 2 heterocycles. The van der Waals surface area contributed by atoms with Crippen LogP contribution >= 0.6 is 0 Å². The monoisotopic (exact) mass is 235 g/mol. The second-order valence-corrected chi connectivity index (χ2v) is 4.73. The largest absolute Gasteiger partial charge is 0.394 e. The van der Waals surface area contributed by atoms with Crippen molar-refractivity contribution in [3.63, 3.8) is 0 Å². The van der Waals surface area contributed by atoms with Crippen LogP contribution in [0.1, 0.15) is 37.8 Å². The van der Waals surface area contributed by atoms with Crippen molar-refractivity contribution in [2.75, 3.05) is 18.1 Å². The summed E-state index contributed by atoms with van der Waals surface area (Å²) in [6.07, 6.45) is 5.17. The highest BCUT2D eigenvalue weighted by atomic mass is 16.3. The molecule has 3 N–H and O–H groups in total. The molecule has 1 aromatic heterocycles. The molecule has 17 heavy (non-hydrogen) atoms. The number of hydrogen-bond donors (Lipinski definition) is 2. The van der Waals surface area contributed by atoms with Gasteiger partial charge < -0.3 is 15.7 Å². The normalized spacial score (nSPS) is 22.5. The van der Waals surface area contributed by atoms with Crippen LogP contribution < -0.4 is 10.6 Å². The molecule has 0 aliphatic carbocycles. The lowest BCUT2D eigenvalue weighted by molar-refractivity contribution is 0.239. The molecule has 0 bridgehead atoms. The zero-order valence-corrected chi connectivity index (χ0v) is 10.3. The number of nitrogens with zero attached hydrogens (tertiary/aromatic N) is 2. The van der Waals surface area contributed by atoms with Crippen LogP contribution in [0.5, 0.6) is 0 Å². The minimum atomic E-state index is -0.0278. The fraction of sp³-hybridized carbons (Fsp3) is 0.615. The van der Waals surface area contributed by atoms with E-state index in [1.165, 1.54) is 6.42 Å². The van der Waals surface area contributed by atoms with E-state index in [9.17, 15) is 5.11 Å². The van der Waals surface area contributed by atoms with Crippen molar-refractivity contribution >= 4 is 5.82 Å². The Kier molecular flexibility index (Phi) is 3.97. The van der Waals surface area contributed by atoms with E-state index in [2.05, 4.69) is 9.88 Å². The van der Waals surface area contributed by atoms with Crippen molar-refractivity contribution in [1.29, 1.82) is 0 Å². The lowest BCUT2D eigenvalue weighted by Crippen LogP contribution is -2.43. The van der Waals surface area contributed by atoms with Crippen molar-refractivity contribution in [2.45, 2.75) is 38.3 Å². The molecule has 0 spiro atoms. The number of aliphatic hydroxyl groups is 1. The second-order valence-electron chi connectivity index (χ2n) is 4.73. The molecule has 4 heteroatoms.